The molecule has 0 N–H and O–H groups in total. The van der Waals surface area contributed by atoms with Crippen molar-refractivity contribution in [3.8, 4) is 0 Å². The van der Waals surface area contributed by atoms with E-state index in [9.17, 15) is 22.8 Å². The number of fused-ring (bicyclic) bond motifs is 1. The number of nitrogens with zero attached hydrogens (tertiary/aromatic N) is 2. The lowest BCUT2D eigenvalue weighted by molar-refractivity contribution is -0.144. The average Bonchev–Trinajstić information content (AvgIpc) is 3.71. The van der Waals surface area contributed by atoms with Gasteiger partial charge in [0.25, 0.3) is 0 Å². The van der Waals surface area contributed by atoms with E-state index in [1.54, 1.807) is 6.33 Å². The summed E-state index contributed by atoms with van der Waals surface area (Å²) in [6, 6.07) is 18.7. The molecule has 0 atom stereocenters. The molecular formula is C36H37F3N2O4. The van der Waals surface area contributed by atoms with Gasteiger partial charge < -0.3 is 14.0 Å². The Morgan fingerprint density at radius 1 is 0.911 bits per heavy atom. The molecular weight excluding hydrogens is 581 g/mol. The second kappa shape index (κ2) is 14.6. The largest absolute Gasteiger partial charge is 0.462 e. The molecule has 0 saturated heterocycles. The van der Waals surface area contributed by atoms with Gasteiger partial charge in [0.2, 0.25) is 0 Å². The van der Waals surface area contributed by atoms with Gasteiger partial charge in [-0.15, -0.1) is 0 Å². The van der Waals surface area contributed by atoms with E-state index in [4.69, 9.17) is 9.47 Å². The summed E-state index contributed by atoms with van der Waals surface area (Å²) in [4.78, 5) is 29.9. The van der Waals surface area contributed by atoms with Crippen molar-refractivity contribution >= 4 is 23.0 Å². The number of rotatable bonds is 13. The van der Waals surface area contributed by atoms with Gasteiger partial charge in [-0.05, 0) is 66.0 Å². The molecule has 45 heavy (non-hydrogen) atoms. The van der Waals surface area contributed by atoms with Gasteiger partial charge in [-0.3, -0.25) is 4.79 Å². The number of carbonyl (C=O) groups is 2. The van der Waals surface area contributed by atoms with E-state index in [-0.39, 0.29) is 37.6 Å². The van der Waals surface area contributed by atoms with Crippen molar-refractivity contribution < 1.29 is 32.2 Å². The predicted molar refractivity (Wildman–Crippen MR) is 165 cm³/mol. The van der Waals surface area contributed by atoms with Gasteiger partial charge in [0.1, 0.15) is 6.61 Å². The fourth-order valence-corrected chi connectivity index (χ4v) is 5.84. The molecule has 1 saturated carbocycles. The maximum absolute atomic E-state index is 13.0. The summed E-state index contributed by atoms with van der Waals surface area (Å²) in [5.74, 6) is -0.458. The Bertz CT molecular complexity index is 1640. The molecule has 5 rings (SSSR count). The second-order valence-corrected chi connectivity index (χ2v) is 11.6. The molecule has 3 aromatic carbocycles. The summed E-state index contributed by atoms with van der Waals surface area (Å²) in [7, 11) is 0. The van der Waals surface area contributed by atoms with Gasteiger partial charge in [0.15, 0.2) is 0 Å². The first-order valence-corrected chi connectivity index (χ1v) is 15.4. The number of hydrogen-bond donors (Lipinski definition) is 0. The van der Waals surface area contributed by atoms with Crippen LogP contribution in [0.25, 0.3) is 11.0 Å². The lowest BCUT2D eigenvalue weighted by Crippen LogP contribution is -2.11. The van der Waals surface area contributed by atoms with E-state index in [1.807, 2.05) is 30.3 Å². The summed E-state index contributed by atoms with van der Waals surface area (Å²) in [6.07, 6.45) is 3.39. The molecule has 0 radical (unpaired) electrons. The Hall–Kier alpha value is -4.40. The first kappa shape index (κ1) is 32.0. The third kappa shape index (κ3) is 8.62. The molecule has 4 aromatic rings. The van der Waals surface area contributed by atoms with E-state index >= 15 is 0 Å². The molecule has 1 aromatic heterocycles. The maximum Gasteiger partial charge on any atom is 0.416 e. The zero-order valence-corrected chi connectivity index (χ0v) is 25.2. The van der Waals surface area contributed by atoms with E-state index in [0.717, 1.165) is 47.1 Å². The van der Waals surface area contributed by atoms with Crippen LogP contribution in [0.2, 0.25) is 0 Å². The van der Waals surface area contributed by atoms with Gasteiger partial charge in [-0.1, -0.05) is 74.0 Å². The van der Waals surface area contributed by atoms with Crippen molar-refractivity contribution in [1.82, 2.24) is 9.55 Å². The zero-order chi connectivity index (χ0) is 31.8. The van der Waals surface area contributed by atoms with Gasteiger partial charge >= 0.3 is 18.1 Å². The number of benzene rings is 3. The number of ether oxygens (including phenoxy) is 2. The minimum Gasteiger partial charge on any atom is -0.462 e. The van der Waals surface area contributed by atoms with Crippen molar-refractivity contribution in [3.05, 3.63) is 113 Å². The SMILES string of the molecule is C=C(Cc1cccc(C(F)(F)F)c1)C(=O)OCCCCn1cnc2c(CC(=O)OCc3ccccc3)cc(C3CCCC3)cc21. The smallest absolute Gasteiger partial charge is 0.416 e. The topological polar surface area (TPSA) is 70.4 Å². The van der Waals surface area contributed by atoms with Crippen LogP contribution < -0.4 is 0 Å². The van der Waals surface area contributed by atoms with E-state index in [2.05, 4.69) is 28.3 Å². The number of aromatic nitrogens is 2. The Kier molecular flexibility index (Phi) is 10.4. The number of aryl methyl sites for hydroxylation is 1. The number of carbonyl (C=O) groups excluding carboxylic acids is 2. The second-order valence-electron chi connectivity index (χ2n) is 11.6. The molecule has 1 fully saturated rings. The summed E-state index contributed by atoms with van der Waals surface area (Å²) < 4.78 is 52.0. The summed E-state index contributed by atoms with van der Waals surface area (Å²) in [5, 5.41) is 0. The van der Waals surface area contributed by atoms with Gasteiger partial charge in [0.05, 0.1) is 36.0 Å². The molecule has 0 unspecified atom stereocenters. The zero-order valence-electron chi connectivity index (χ0n) is 25.2. The van der Waals surface area contributed by atoms with E-state index < -0.39 is 17.7 Å². The summed E-state index contributed by atoms with van der Waals surface area (Å²) in [5.41, 5.74) is 4.45. The fraction of sp³-hybridized carbons (Fsp3) is 0.361. The molecule has 1 aliphatic rings. The summed E-state index contributed by atoms with van der Waals surface area (Å²) >= 11 is 0. The lowest BCUT2D eigenvalue weighted by atomic mass is 9.94. The van der Waals surface area contributed by atoms with Crippen LogP contribution in [0.15, 0.2) is 85.2 Å². The number of esters is 2. The number of halogens is 3. The molecule has 1 heterocycles. The van der Waals surface area contributed by atoms with Crippen LogP contribution in [-0.4, -0.2) is 28.1 Å². The third-order valence-corrected chi connectivity index (χ3v) is 8.22. The maximum atomic E-state index is 13.0. The standard InChI is InChI=1S/C36H37F3N2O4/c1-25(18-27-12-9-15-31(19-27)36(37,38)39)35(43)44-17-8-7-16-41-24-40-34-30(20-29(21-32(34)41)28-13-5-6-14-28)22-33(42)45-23-26-10-3-2-4-11-26/h2-4,9-12,15,19-21,24,28H,1,5-8,13-14,16-18,22-23H2. The minimum absolute atomic E-state index is 0.0186. The highest BCUT2D eigenvalue weighted by molar-refractivity contribution is 5.88. The normalized spacial score (nSPS) is 13.7. The lowest BCUT2D eigenvalue weighted by Gasteiger charge is -2.14. The number of alkyl halides is 3. The van der Waals surface area contributed by atoms with Crippen molar-refractivity contribution in [2.75, 3.05) is 6.61 Å². The number of imidazole rings is 1. The van der Waals surface area contributed by atoms with Crippen LogP contribution in [0.4, 0.5) is 13.2 Å². The Balaban J connectivity index is 1.16. The Morgan fingerprint density at radius 3 is 2.42 bits per heavy atom. The van der Waals surface area contributed by atoms with Crippen molar-refractivity contribution in [2.24, 2.45) is 0 Å². The highest BCUT2D eigenvalue weighted by atomic mass is 19.4. The Morgan fingerprint density at radius 2 is 1.67 bits per heavy atom. The predicted octanol–water partition coefficient (Wildman–Crippen LogP) is 8.12. The van der Waals surface area contributed by atoms with Gasteiger partial charge in [-0.2, -0.15) is 13.2 Å². The molecule has 0 amide bonds. The number of unbranched alkanes of at least 4 members (excludes halogenated alkanes) is 1. The molecule has 0 bridgehead atoms. The molecule has 6 nitrogen and oxygen atoms in total. The molecule has 9 heteroatoms. The summed E-state index contributed by atoms with van der Waals surface area (Å²) in [6.45, 7) is 4.75. The van der Waals surface area contributed by atoms with Crippen LogP contribution in [0.5, 0.6) is 0 Å². The van der Waals surface area contributed by atoms with E-state index in [0.29, 0.717) is 30.9 Å². The molecule has 1 aliphatic carbocycles. The first-order valence-electron chi connectivity index (χ1n) is 15.4. The van der Waals surface area contributed by atoms with Crippen molar-refractivity contribution in [3.63, 3.8) is 0 Å². The van der Waals surface area contributed by atoms with E-state index in [1.165, 1.54) is 30.5 Å². The minimum atomic E-state index is -4.45. The first-order chi connectivity index (χ1) is 21.7. The number of hydrogen-bond acceptors (Lipinski definition) is 5. The Labute approximate surface area is 260 Å². The van der Waals surface area contributed by atoms with Gasteiger partial charge in [0, 0.05) is 18.5 Å². The highest BCUT2D eigenvalue weighted by Gasteiger charge is 2.30. The van der Waals surface area contributed by atoms with Crippen molar-refractivity contribution in [2.45, 2.75) is 76.6 Å². The monoisotopic (exact) mass is 618 g/mol. The molecule has 0 aliphatic heterocycles. The fourth-order valence-electron chi connectivity index (χ4n) is 5.84. The molecule has 0 spiro atoms. The van der Waals surface area contributed by atoms with Crippen LogP contribution in [0.1, 0.15) is 72.3 Å². The van der Waals surface area contributed by atoms with Gasteiger partial charge in [-0.25, -0.2) is 9.78 Å². The quantitative estimate of drug-likeness (QED) is 0.0860. The van der Waals surface area contributed by atoms with Crippen LogP contribution in [-0.2, 0) is 51.2 Å². The highest BCUT2D eigenvalue weighted by Crippen LogP contribution is 2.36. The van der Waals surface area contributed by atoms with Crippen molar-refractivity contribution in [1.29, 1.82) is 0 Å². The third-order valence-electron chi connectivity index (χ3n) is 8.22. The van der Waals surface area contributed by atoms with Crippen LogP contribution >= 0.6 is 0 Å². The van der Waals surface area contributed by atoms with Crippen LogP contribution in [0, 0.1) is 0 Å². The molecule has 236 valence electrons. The van der Waals surface area contributed by atoms with Crippen LogP contribution in [0.3, 0.4) is 0 Å². The average molecular weight is 619 g/mol.